The van der Waals surface area contributed by atoms with E-state index in [-0.39, 0.29) is 29.6 Å². The van der Waals surface area contributed by atoms with Gasteiger partial charge in [-0.05, 0) is 30.9 Å². The van der Waals surface area contributed by atoms with E-state index in [1.807, 2.05) is 0 Å². The monoisotopic (exact) mass is 293 g/mol. The maximum Gasteiger partial charge on any atom is 0.242 e. The average Bonchev–Trinajstić information content (AvgIpc) is 3.20. The first-order valence-corrected chi connectivity index (χ1v) is 6.63. The number of ketones is 1. The highest BCUT2D eigenvalue weighted by molar-refractivity contribution is 6.27. The molecule has 3 rings (SSSR count). The van der Waals surface area contributed by atoms with Gasteiger partial charge in [0.15, 0.2) is 5.78 Å². The normalized spacial score (nSPS) is 24.9. The van der Waals surface area contributed by atoms with Gasteiger partial charge in [0.2, 0.25) is 12.3 Å². The van der Waals surface area contributed by atoms with Crippen LogP contribution in [0.3, 0.4) is 0 Å². The maximum absolute atomic E-state index is 12.7. The molecule has 2 heterocycles. The molecule has 1 aliphatic heterocycles. The van der Waals surface area contributed by atoms with Crippen molar-refractivity contribution in [2.24, 2.45) is 5.92 Å². The Bertz CT molecular complexity index is 658. The van der Waals surface area contributed by atoms with E-state index in [2.05, 4.69) is 15.5 Å². The lowest BCUT2D eigenvalue weighted by Crippen LogP contribution is -2.27. The van der Waals surface area contributed by atoms with Crippen molar-refractivity contribution in [3.8, 4) is 0 Å². The van der Waals surface area contributed by atoms with E-state index in [0.29, 0.717) is 23.4 Å². The number of Topliss-reactive ketones (excluding diaryl/α,β-unsaturated/α-hetero) is 1. The van der Waals surface area contributed by atoms with Crippen LogP contribution in [0.1, 0.15) is 35.7 Å². The molecule has 21 heavy (non-hydrogen) atoms. The van der Waals surface area contributed by atoms with E-state index >= 15 is 0 Å². The van der Waals surface area contributed by atoms with Crippen LogP contribution in [0, 0.1) is 12.8 Å². The summed E-state index contributed by atoms with van der Waals surface area (Å²) in [5.74, 6) is -1.59. The molecular formula is C14H13F2N3O2. The molecule has 1 aliphatic carbocycles. The maximum atomic E-state index is 12.7. The van der Waals surface area contributed by atoms with Crippen LogP contribution in [0.25, 0.3) is 5.57 Å². The molecule has 7 heteroatoms. The summed E-state index contributed by atoms with van der Waals surface area (Å²) in [4.78, 5) is 23.0. The number of amides is 1. The summed E-state index contributed by atoms with van der Waals surface area (Å²) in [7, 11) is 0. The first-order valence-electron chi connectivity index (χ1n) is 6.63. The number of carbonyl (C=O) groups is 2. The van der Waals surface area contributed by atoms with Crippen molar-refractivity contribution in [3.05, 3.63) is 29.2 Å². The number of rotatable bonds is 3. The fourth-order valence-corrected chi connectivity index (χ4v) is 2.57. The number of nitrogens with one attached hydrogen (secondary N) is 1. The van der Waals surface area contributed by atoms with Crippen LogP contribution in [0.15, 0.2) is 12.3 Å². The molecule has 0 radical (unpaired) electrons. The highest BCUT2D eigenvalue weighted by atomic mass is 19.3. The number of hydrogen-bond acceptors (Lipinski definition) is 4. The van der Waals surface area contributed by atoms with E-state index in [1.54, 1.807) is 13.0 Å². The summed E-state index contributed by atoms with van der Waals surface area (Å²) >= 11 is 0. The topological polar surface area (TPSA) is 72.0 Å². The van der Waals surface area contributed by atoms with Gasteiger partial charge in [-0.3, -0.25) is 9.59 Å². The Morgan fingerprint density at radius 1 is 1.33 bits per heavy atom. The minimum Gasteiger partial charge on any atom is -0.331 e. The highest BCUT2D eigenvalue weighted by Crippen LogP contribution is 2.51. The van der Waals surface area contributed by atoms with Gasteiger partial charge in [-0.25, -0.2) is 8.78 Å². The molecule has 1 aromatic heterocycles. The van der Waals surface area contributed by atoms with Crippen molar-refractivity contribution in [2.45, 2.75) is 32.1 Å². The number of nitrogens with zero attached hydrogens (tertiary/aromatic N) is 2. The number of carbonyl (C=O) groups excluding carboxylic acids is 2. The quantitative estimate of drug-likeness (QED) is 0.859. The fourth-order valence-electron chi connectivity index (χ4n) is 2.57. The van der Waals surface area contributed by atoms with Crippen LogP contribution < -0.4 is 5.32 Å². The Balaban J connectivity index is 1.92. The Hall–Kier alpha value is -2.18. The third-order valence-corrected chi connectivity index (χ3v) is 3.86. The van der Waals surface area contributed by atoms with E-state index in [1.165, 1.54) is 6.20 Å². The Morgan fingerprint density at radius 3 is 2.71 bits per heavy atom. The summed E-state index contributed by atoms with van der Waals surface area (Å²) in [6, 6.07) is 1.64. The Kier molecular flexibility index (Phi) is 3.27. The summed E-state index contributed by atoms with van der Waals surface area (Å²) in [5, 5.41) is 10.4. The molecule has 1 N–H and O–H groups in total. The average molecular weight is 293 g/mol. The van der Waals surface area contributed by atoms with Crippen molar-refractivity contribution < 1.29 is 18.4 Å². The molecule has 1 saturated carbocycles. The van der Waals surface area contributed by atoms with Gasteiger partial charge in [0.25, 0.3) is 0 Å². The van der Waals surface area contributed by atoms with Crippen LogP contribution in [-0.4, -0.2) is 28.3 Å². The molecule has 5 nitrogen and oxygen atoms in total. The SMILES string of the molecule is Cc1nnc(C2=CNC(=O)CC2=O)cc1C1C[C@@H]1C(F)F. The smallest absolute Gasteiger partial charge is 0.242 e. The summed E-state index contributed by atoms with van der Waals surface area (Å²) in [6.45, 7) is 1.71. The number of hydrogen-bond donors (Lipinski definition) is 1. The predicted molar refractivity (Wildman–Crippen MR) is 69.4 cm³/mol. The minimum absolute atomic E-state index is 0.229. The van der Waals surface area contributed by atoms with Gasteiger partial charge in [0, 0.05) is 12.1 Å². The summed E-state index contributed by atoms with van der Waals surface area (Å²) in [5.41, 5.74) is 1.88. The zero-order chi connectivity index (χ0) is 15.1. The molecule has 0 bridgehead atoms. The molecule has 1 unspecified atom stereocenters. The van der Waals surface area contributed by atoms with Crippen LogP contribution >= 0.6 is 0 Å². The molecule has 0 spiro atoms. The number of allylic oxidation sites excluding steroid dienone is 1. The largest absolute Gasteiger partial charge is 0.331 e. The molecule has 0 saturated heterocycles. The second-order valence-corrected chi connectivity index (χ2v) is 5.34. The summed E-state index contributed by atoms with van der Waals surface area (Å²) < 4.78 is 25.4. The van der Waals surface area contributed by atoms with Gasteiger partial charge in [0.05, 0.1) is 23.4 Å². The van der Waals surface area contributed by atoms with Crippen molar-refractivity contribution in [2.75, 3.05) is 0 Å². The minimum atomic E-state index is -2.35. The second kappa shape index (κ2) is 4.98. The number of halogens is 2. The molecule has 1 aromatic rings. The molecule has 2 atom stereocenters. The summed E-state index contributed by atoms with van der Waals surface area (Å²) in [6.07, 6.45) is -0.858. The first-order chi connectivity index (χ1) is 9.97. The Labute approximate surface area is 119 Å². The second-order valence-electron chi connectivity index (χ2n) is 5.34. The van der Waals surface area contributed by atoms with Gasteiger partial charge in [0.1, 0.15) is 0 Å². The first kappa shape index (κ1) is 13.8. The molecule has 1 amide bonds. The van der Waals surface area contributed by atoms with E-state index < -0.39 is 12.3 Å². The zero-order valence-electron chi connectivity index (χ0n) is 11.3. The van der Waals surface area contributed by atoms with Crippen molar-refractivity contribution in [1.29, 1.82) is 0 Å². The van der Waals surface area contributed by atoms with Crippen molar-refractivity contribution >= 4 is 17.3 Å². The van der Waals surface area contributed by atoms with Gasteiger partial charge >= 0.3 is 0 Å². The highest BCUT2D eigenvalue weighted by Gasteiger charge is 2.46. The third-order valence-electron chi connectivity index (χ3n) is 3.86. The van der Waals surface area contributed by atoms with Gasteiger partial charge in [-0.15, -0.1) is 0 Å². The van der Waals surface area contributed by atoms with Crippen LogP contribution in [0.2, 0.25) is 0 Å². The van der Waals surface area contributed by atoms with E-state index in [9.17, 15) is 18.4 Å². The lowest BCUT2D eigenvalue weighted by atomic mass is 10.00. The van der Waals surface area contributed by atoms with Gasteiger partial charge in [-0.2, -0.15) is 10.2 Å². The predicted octanol–water partition coefficient (Wildman–Crippen LogP) is 1.58. The van der Waals surface area contributed by atoms with Crippen LogP contribution in [0.4, 0.5) is 8.78 Å². The van der Waals surface area contributed by atoms with Gasteiger partial charge < -0.3 is 5.32 Å². The van der Waals surface area contributed by atoms with Gasteiger partial charge in [-0.1, -0.05) is 0 Å². The van der Waals surface area contributed by atoms with Crippen molar-refractivity contribution in [1.82, 2.24) is 15.5 Å². The van der Waals surface area contributed by atoms with E-state index in [0.717, 1.165) is 0 Å². The molecule has 110 valence electrons. The van der Waals surface area contributed by atoms with Crippen LogP contribution in [-0.2, 0) is 9.59 Å². The van der Waals surface area contributed by atoms with Crippen molar-refractivity contribution in [3.63, 3.8) is 0 Å². The number of aromatic nitrogens is 2. The lowest BCUT2D eigenvalue weighted by Gasteiger charge is -2.13. The number of aryl methyl sites for hydroxylation is 1. The fraction of sp³-hybridized carbons (Fsp3) is 0.429. The standard InChI is InChI=1S/C14H13F2N3O2/c1-6-7(8-2-9(8)14(15)16)3-11(19-18-6)10-5-17-13(21)4-12(10)20/h3,5,8-9,14H,2,4H2,1H3,(H,17,21)/t8?,9-/m0/s1. The molecule has 1 fully saturated rings. The van der Waals surface area contributed by atoms with E-state index in [4.69, 9.17) is 0 Å². The number of alkyl halides is 2. The third kappa shape index (κ3) is 2.55. The molecular weight excluding hydrogens is 280 g/mol. The lowest BCUT2D eigenvalue weighted by molar-refractivity contribution is -0.125. The zero-order valence-corrected chi connectivity index (χ0v) is 11.3. The van der Waals surface area contributed by atoms with Crippen LogP contribution in [0.5, 0.6) is 0 Å². The molecule has 0 aromatic carbocycles. The molecule has 2 aliphatic rings. The Morgan fingerprint density at radius 2 is 2.10 bits per heavy atom.